The Labute approximate surface area is 93.2 Å². The van der Waals surface area contributed by atoms with Gasteiger partial charge in [-0.05, 0) is 26.8 Å². The first kappa shape index (κ1) is 12.3. The maximum Gasteiger partial charge on any atom is 0.0261 e. The Morgan fingerprint density at radius 2 is 1.79 bits per heavy atom. The smallest absolute Gasteiger partial charge is 0.0261 e. The van der Waals surface area contributed by atoms with Crippen LogP contribution < -0.4 is 0 Å². The zero-order chi connectivity index (χ0) is 10.7. The van der Waals surface area contributed by atoms with Gasteiger partial charge in [-0.2, -0.15) is 0 Å². The molecule has 1 saturated heterocycles. The summed E-state index contributed by atoms with van der Waals surface area (Å²) in [6.45, 7) is 10.3. The number of hydrogen-bond acceptors (Lipinski definition) is 2. The maximum atomic E-state index is 5.84. The van der Waals surface area contributed by atoms with Gasteiger partial charge in [-0.1, -0.05) is 6.92 Å². The lowest BCUT2D eigenvalue weighted by molar-refractivity contribution is 0.0538. The average molecular weight is 219 g/mol. The van der Waals surface area contributed by atoms with Crippen LogP contribution in [-0.4, -0.2) is 54.4 Å². The monoisotopic (exact) mass is 218 g/mol. The second-order valence-electron chi connectivity index (χ2n) is 4.84. The third-order valence-electron chi connectivity index (χ3n) is 3.27. The molecule has 1 rings (SSSR count). The number of hydrogen-bond donors (Lipinski definition) is 0. The minimum absolute atomic E-state index is 0.611. The summed E-state index contributed by atoms with van der Waals surface area (Å²) in [6.07, 6.45) is 0. The minimum Gasteiger partial charge on any atom is -0.300 e. The van der Waals surface area contributed by atoms with Crippen LogP contribution in [0.3, 0.4) is 0 Å². The van der Waals surface area contributed by atoms with Gasteiger partial charge >= 0.3 is 0 Å². The molecule has 84 valence electrons. The highest BCUT2D eigenvalue weighted by molar-refractivity contribution is 6.18. The van der Waals surface area contributed by atoms with Crippen LogP contribution in [0.5, 0.6) is 0 Å². The number of alkyl halides is 1. The minimum atomic E-state index is 0.611. The van der Waals surface area contributed by atoms with Crippen LogP contribution in [-0.2, 0) is 0 Å². The number of rotatable bonds is 3. The van der Waals surface area contributed by atoms with E-state index in [2.05, 4.69) is 37.6 Å². The standard InChI is InChI=1S/C11H23ClN2/c1-9(5-12)6-14-7-10(2)13(4)11(3)8-14/h9-11H,5-8H2,1-4H3. The van der Waals surface area contributed by atoms with Gasteiger partial charge in [-0.15, -0.1) is 11.6 Å². The molecule has 0 aromatic rings. The summed E-state index contributed by atoms with van der Waals surface area (Å²) >= 11 is 5.84. The molecule has 0 radical (unpaired) electrons. The van der Waals surface area contributed by atoms with Gasteiger partial charge in [0.15, 0.2) is 0 Å². The number of piperazine rings is 1. The van der Waals surface area contributed by atoms with Crippen LogP contribution in [0, 0.1) is 5.92 Å². The summed E-state index contributed by atoms with van der Waals surface area (Å²) in [5.41, 5.74) is 0. The molecular formula is C11H23ClN2. The van der Waals surface area contributed by atoms with E-state index in [0.29, 0.717) is 18.0 Å². The predicted octanol–water partition coefficient (Wildman–Crippen LogP) is 1.89. The summed E-state index contributed by atoms with van der Waals surface area (Å²) in [6, 6.07) is 1.34. The van der Waals surface area contributed by atoms with Crippen molar-refractivity contribution >= 4 is 11.6 Å². The van der Waals surface area contributed by atoms with Crippen LogP contribution in [0.1, 0.15) is 20.8 Å². The topological polar surface area (TPSA) is 6.48 Å². The molecule has 1 heterocycles. The molecule has 0 bridgehead atoms. The quantitative estimate of drug-likeness (QED) is 0.668. The third-order valence-corrected chi connectivity index (χ3v) is 3.80. The van der Waals surface area contributed by atoms with Gasteiger partial charge in [0.25, 0.3) is 0 Å². The Morgan fingerprint density at radius 3 is 2.21 bits per heavy atom. The lowest BCUT2D eigenvalue weighted by Gasteiger charge is -2.43. The fourth-order valence-electron chi connectivity index (χ4n) is 2.15. The zero-order valence-corrected chi connectivity index (χ0v) is 10.6. The van der Waals surface area contributed by atoms with E-state index in [-0.39, 0.29) is 0 Å². The summed E-state index contributed by atoms with van der Waals surface area (Å²) in [4.78, 5) is 5.00. The van der Waals surface area contributed by atoms with Gasteiger partial charge in [-0.3, -0.25) is 9.80 Å². The van der Waals surface area contributed by atoms with E-state index in [9.17, 15) is 0 Å². The Hall–Kier alpha value is 0.210. The molecule has 0 aromatic heterocycles. The van der Waals surface area contributed by atoms with Gasteiger partial charge in [0, 0.05) is 37.6 Å². The maximum absolute atomic E-state index is 5.84. The largest absolute Gasteiger partial charge is 0.300 e. The molecule has 0 aromatic carbocycles. The van der Waals surface area contributed by atoms with Crippen LogP contribution in [0.15, 0.2) is 0 Å². The molecule has 1 fully saturated rings. The lowest BCUT2D eigenvalue weighted by Crippen LogP contribution is -2.55. The van der Waals surface area contributed by atoms with E-state index in [1.807, 2.05) is 0 Å². The highest BCUT2D eigenvalue weighted by Gasteiger charge is 2.26. The van der Waals surface area contributed by atoms with Crippen LogP contribution in [0.2, 0.25) is 0 Å². The van der Waals surface area contributed by atoms with Crippen molar-refractivity contribution in [1.29, 1.82) is 0 Å². The SMILES string of the molecule is CC(CCl)CN1CC(C)N(C)C(C)C1. The van der Waals surface area contributed by atoms with E-state index >= 15 is 0 Å². The Morgan fingerprint density at radius 1 is 1.29 bits per heavy atom. The molecule has 0 N–H and O–H groups in total. The molecule has 1 aliphatic rings. The molecule has 1 aliphatic heterocycles. The number of nitrogens with zero attached hydrogens (tertiary/aromatic N) is 2. The molecule has 0 spiro atoms. The third kappa shape index (κ3) is 3.11. The Bertz CT molecular complexity index is 160. The summed E-state index contributed by atoms with van der Waals surface area (Å²) in [5.74, 6) is 1.38. The zero-order valence-electron chi connectivity index (χ0n) is 9.83. The number of halogens is 1. The van der Waals surface area contributed by atoms with Crippen molar-refractivity contribution in [2.45, 2.75) is 32.9 Å². The van der Waals surface area contributed by atoms with Crippen molar-refractivity contribution in [2.75, 3.05) is 32.6 Å². The molecule has 0 saturated carbocycles. The second-order valence-corrected chi connectivity index (χ2v) is 5.15. The highest BCUT2D eigenvalue weighted by Crippen LogP contribution is 2.14. The van der Waals surface area contributed by atoms with Gasteiger partial charge in [0.2, 0.25) is 0 Å². The van der Waals surface area contributed by atoms with Crippen LogP contribution in [0.25, 0.3) is 0 Å². The summed E-state index contributed by atoms with van der Waals surface area (Å²) in [7, 11) is 2.22. The normalized spacial score (nSPS) is 33.2. The van der Waals surface area contributed by atoms with E-state index in [4.69, 9.17) is 11.6 Å². The molecule has 3 unspecified atom stereocenters. The van der Waals surface area contributed by atoms with Gasteiger partial charge in [-0.25, -0.2) is 0 Å². The summed E-state index contributed by atoms with van der Waals surface area (Å²) in [5, 5.41) is 0. The predicted molar refractivity (Wildman–Crippen MR) is 63.0 cm³/mol. The van der Waals surface area contributed by atoms with E-state index in [0.717, 1.165) is 12.4 Å². The fraction of sp³-hybridized carbons (Fsp3) is 1.00. The van der Waals surface area contributed by atoms with Gasteiger partial charge < -0.3 is 0 Å². The van der Waals surface area contributed by atoms with E-state index in [1.165, 1.54) is 13.1 Å². The fourth-order valence-corrected chi connectivity index (χ4v) is 2.25. The van der Waals surface area contributed by atoms with Crippen molar-refractivity contribution in [1.82, 2.24) is 9.80 Å². The Kier molecular flexibility index (Phi) is 4.68. The van der Waals surface area contributed by atoms with Gasteiger partial charge in [0.1, 0.15) is 0 Å². The molecule has 14 heavy (non-hydrogen) atoms. The van der Waals surface area contributed by atoms with E-state index < -0.39 is 0 Å². The van der Waals surface area contributed by atoms with Crippen molar-refractivity contribution < 1.29 is 0 Å². The molecule has 3 heteroatoms. The van der Waals surface area contributed by atoms with Crippen LogP contribution >= 0.6 is 11.6 Å². The van der Waals surface area contributed by atoms with Gasteiger partial charge in [0.05, 0.1) is 0 Å². The highest BCUT2D eigenvalue weighted by atomic mass is 35.5. The second kappa shape index (κ2) is 5.34. The molecule has 2 nitrogen and oxygen atoms in total. The summed E-state index contributed by atoms with van der Waals surface area (Å²) < 4.78 is 0. The molecule has 0 aliphatic carbocycles. The average Bonchev–Trinajstić information content (AvgIpc) is 2.14. The van der Waals surface area contributed by atoms with Crippen LogP contribution in [0.4, 0.5) is 0 Å². The van der Waals surface area contributed by atoms with Crippen molar-refractivity contribution in [3.05, 3.63) is 0 Å². The lowest BCUT2D eigenvalue weighted by atomic mass is 10.1. The first-order chi connectivity index (χ1) is 6.54. The molecule has 0 amide bonds. The molecular weight excluding hydrogens is 196 g/mol. The van der Waals surface area contributed by atoms with Crippen molar-refractivity contribution in [3.8, 4) is 0 Å². The van der Waals surface area contributed by atoms with E-state index in [1.54, 1.807) is 0 Å². The first-order valence-electron chi connectivity index (χ1n) is 5.54. The first-order valence-corrected chi connectivity index (χ1v) is 6.08. The van der Waals surface area contributed by atoms with Crippen molar-refractivity contribution in [3.63, 3.8) is 0 Å². The molecule has 3 atom stereocenters. The number of likely N-dealkylation sites (N-methyl/N-ethyl adjacent to an activating group) is 1. The Balaban J connectivity index is 2.41. The van der Waals surface area contributed by atoms with Crippen molar-refractivity contribution in [2.24, 2.45) is 5.92 Å².